The molecule has 1 aliphatic heterocycles. The van der Waals surface area contributed by atoms with Crippen LogP contribution >= 0.6 is 0 Å². The van der Waals surface area contributed by atoms with Crippen molar-refractivity contribution in [3.63, 3.8) is 0 Å². The Morgan fingerprint density at radius 1 is 0.971 bits per heavy atom. The third kappa shape index (κ3) is 6.36. The summed E-state index contributed by atoms with van der Waals surface area (Å²) in [7, 11) is 0. The number of carbonyl (C=O) groups is 1. The number of piperidine rings is 1. The molecule has 0 unspecified atom stereocenters. The summed E-state index contributed by atoms with van der Waals surface area (Å²) in [6.45, 7) is 3.04. The molecule has 1 fully saturated rings. The minimum Gasteiger partial charge on any atom is -0.299 e. The summed E-state index contributed by atoms with van der Waals surface area (Å²) in [5.74, 6) is 0.380. The maximum absolute atomic E-state index is 12.4. The number of hydrogen-bond acceptors (Lipinski definition) is 5. The monoisotopic (exact) mass is 456 g/mol. The minimum absolute atomic E-state index is 0.0612. The molecule has 0 radical (unpaired) electrons. The second kappa shape index (κ2) is 11.3. The zero-order valence-corrected chi connectivity index (χ0v) is 19.0. The van der Waals surface area contributed by atoms with Crippen molar-refractivity contribution in [3.05, 3.63) is 111 Å². The van der Waals surface area contributed by atoms with Gasteiger partial charge in [0, 0.05) is 18.2 Å². The number of amides is 1. The normalized spacial score (nSPS) is 14.8. The topological polar surface area (TPSA) is 87.8 Å². The van der Waals surface area contributed by atoms with Crippen LogP contribution in [0.1, 0.15) is 39.9 Å². The molecule has 174 valence electrons. The minimum atomic E-state index is -0.478. The summed E-state index contributed by atoms with van der Waals surface area (Å²) in [6.07, 6.45) is 4.84. The van der Waals surface area contributed by atoms with Gasteiger partial charge in [0.15, 0.2) is 0 Å². The van der Waals surface area contributed by atoms with Crippen molar-refractivity contribution >= 4 is 17.8 Å². The SMILES string of the molecule is O=C(N/N=C\c1ccccc1[N+](=O)[O-])c1ccc(CN2CCC(Cc3ccccc3)CC2)cc1. The summed E-state index contributed by atoms with van der Waals surface area (Å²) < 4.78 is 0. The van der Waals surface area contributed by atoms with Gasteiger partial charge < -0.3 is 0 Å². The second-order valence-corrected chi connectivity index (χ2v) is 8.62. The summed E-state index contributed by atoms with van der Waals surface area (Å²) in [5, 5.41) is 14.9. The van der Waals surface area contributed by atoms with E-state index < -0.39 is 4.92 Å². The molecule has 1 heterocycles. The van der Waals surface area contributed by atoms with Crippen molar-refractivity contribution in [2.45, 2.75) is 25.8 Å². The molecular formula is C27H28N4O3. The standard InChI is InChI=1S/C27H28N4O3/c32-27(29-28-19-25-8-4-5-9-26(25)31(33)34)24-12-10-23(11-13-24)20-30-16-14-22(15-17-30)18-21-6-2-1-3-7-21/h1-13,19,22H,14-18,20H2,(H,29,32)/b28-19-. The van der Waals surface area contributed by atoms with Crippen LogP contribution in [0.15, 0.2) is 84.0 Å². The average Bonchev–Trinajstić information content (AvgIpc) is 2.86. The van der Waals surface area contributed by atoms with Crippen LogP contribution in [0.4, 0.5) is 5.69 Å². The first-order valence-corrected chi connectivity index (χ1v) is 11.5. The molecule has 3 aromatic carbocycles. The van der Waals surface area contributed by atoms with Gasteiger partial charge in [-0.05, 0) is 67.6 Å². The largest absolute Gasteiger partial charge is 0.299 e. The lowest BCUT2D eigenvalue weighted by atomic mass is 9.90. The van der Waals surface area contributed by atoms with Gasteiger partial charge >= 0.3 is 0 Å². The molecule has 0 bridgehead atoms. The molecule has 0 aromatic heterocycles. The highest BCUT2D eigenvalue weighted by Crippen LogP contribution is 2.23. The molecule has 3 aromatic rings. The van der Waals surface area contributed by atoms with Gasteiger partial charge in [-0.25, -0.2) is 5.43 Å². The Morgan fingerprint density at radius 3 is 2.35 bits per heavy atom. The predicted molar refractivity (Wildman–Crippen MR) is 133 cm³/mol. The van der Waals surface area contributed by atoms with Crippen molar-refractivity contribution in [1.82, 2.24) is 10.3 Å². The van der Waals surface area contributed by atoms with Gasteiger partial charge in [-0.15, -0.1) is 0 Å². The van der Waals surface area contributed by atoms with Crippen molar-refractivity contribution in [3.8, 4) is 0 Å². The van der Waals surface area contributed by atoms with E-state index >= 15 is 0 Å². The third-order valence-corrected chi connectivity index (χ3v) is 6.20. The van der Waals surface area contributed by atoms with Gasteiger partial charge in [-0.3, -0.25) is 19.8 Å². The summed E-state index contributed by atoms with van der Waals surface area (Å²) >= 11 is 0. The van der Waals surface area contributed by atoms with Crippen LogP contribution in [0.25, 0.3) is 0 Å². The number of nitrogens with one attached hydrogen (secondary N) is 1. The van der Waals surface area contributed by atoms with Crippen molar-refractivity contribution in [2.24, 2.45) is 11.0 Å². The molecule has 34 heavy (non-hydrogen) atoms. The smallest absolute Gasteiger partial charge is 0.278 e. The Bertz CT molecular complexity index is 1140. The third-order valence-electron chi connectivity index (χ3n) is 6.20. The van der Waals surface area contributed by atoms with Gasteiger partial charge in [0.05, 0.1) is 16.7 Å². The van der Waals surface area contributed by atoms with E-state index in [9.17, 15) is 14.9 Å². The Balaban J connectivity index is 1.25. The fourth-order valence-corrected chi connectivity index (χ4v) is 4.30. The van der Waals surface area contributed by atoms with Gasteiger partial charge in [0.25, 0.3) is 11.6 Å². The number of nitro benzene ring substituents is 1. The molecule has 7 nitrogen and oxygen atoms in total. The van der Waals surface area contributed by atoms with E-state index in [4.69, 9.17) is 0 Å². The van der Waals surface area contributed by atoms with Crippen LogP contribution in [-0.4, -0.2) is 35.0 Å². The van der Waals surface area contributed by atoms with Crippen LogP contribution in [0.3, 0.4) is 0 Å². The number of hydrazone groups is 1. The number of likely N-dealkylation sites (tertiary alicyclic amines) is 1. The van der Waals surface area contributed by atoms with Crippen molar-refractivity contribution in [2.75, 3.05) is 13.1 Å². The molecule has 1 aliphatic rings. The maximum Gasteiger partial charge on any atom is 0.278 e. The molecule has 1 amide bonds. The summed E-state index contributed by atoms with van der Waals surface area (Å²) in [4.78, 5) is 25.4. The lowest BCUT2D eigenvalue weighted by Gasteiger charge is -2.32. The number of rotatable bonds is 8. The number of para-hydroxylation sites is 1. The average molecular weight is 457 g/mol. The molecule has 7 heteroatoms. The fourth-order valence-electron chi connectivity index (χ4n) is 4.30. The zero-order valence-electron chi connectivity index (χ0n) is 19.0. The van der Waals surface area contributed by atoms with Crippen molar-refractivity contribution < 1.29 is 9.72 Å². The van der Waals surface area contributed by atoms with E-state index in [2.05, 4.69) is 45.8 Å². The van der Waals surface area contributed by atoms with Gasteiger partial charge in [-0.1, -0.05) is 54.6 Å². The first kappa shape index (κ1) is 23.3. The molecule has 0 atom stereocenters. The van der Waals surface area contributed by atoms with Crippen LogP contribution < -0.4 is 5.43 Å². The fraction of sp³-hybridized carbons (Fsp3) is 0.259. The molecular weight excluding hydrogens is 428 g/mol. The van der Waals surface area contributed by atoms with E-state index in [-0.39, 0.29) is 11.6 Å². The van der Waals surface area contributed by atoms with Crippen LogP contribution in [-0.2, 0) is 13.0 Å². The van der Waals surface area contributed by atoms with Crippen LogP contribution in [0.2, 0.25) is 0 Å². The molecule has 1 saturated heterocycles. The Labute approximate surface area is 199 Å². The van der Waals surface area contributed by atoms with Crippen LogP contribution in [0.5, 0.6) is 0 Å². The van der Waals surface area contributed by atoms with E-state index in [1.807, 2.05) is 12.1 Å². The predicted octanol–water partition coefficient (Wildman–Crippen LogP) is 4.81. The van der Waals surface area contributed by atoms with Crippen molar-refractivity contribution in [1.29, 1.82) is 0 Å². The Hall–Kier alpha value is -3.84. The first-order chi connectivity index (χ1) is 16.6. The molecule has 0 spiro atoms. The second-order valence-electron chi connectivity index (χ2n) is 8.62. The lowest BCUT2D eigenvalue weighted by Crippen LogP contribution is -2.33. The number of carbonyl (C=O) groups excluding carboxylic acids is 1. The lowest BCUT2D eigenvalue weighted by molar-refractivity contribution is -0.385. The maximum atomic E-state index is 12.4. The Morgan fingerprint density at radius 2 is 1.65 bits per heavy atom. The van der Waals surface area contributed by atoms with E-state index in [1.54, 1.807) is 30.3 Å². The number of benzene rings is 3. The first-order valence-electron chi connectivity index (χ1n) is 11.5. The van der Waals surface area contributed by atoms with Gasteiger partial charge in [0.2, 0.25) is 0 Å². The highest BCUT2D eigenvalue weighted by atomic mass is 16.6. The number of nitro groups is 1. The number of nitrogens with zero attached hydrogens (tertiary/aromatic N) is 3. The highest BCUT2D eigenvalue weighted by Gasteiger charge is 2.19. The van der Waals surface area contributed by atoms with E-state index in [1.165, 1.54) is 36.2 Å². The van der Waals surface area contributed by atoms with Gasteiger partial charge in [-0.2, -0.15) is 5.10 Å². The quantitative estimate of drug-likeness (QED) is 0.299. The van der Waals surface area contributed by atoms with Gasteiger partial charge in [0.1, 0.15) is 0 Å². The molecule has 0 aliphatic carbocycles. The molecule has 4 rings (SSSR count). The van der Waals surface area contributed by atoms with E-state index in [0.29, 0.717) is 11.1 Å². The molecule has 1 N–H and O–H groups in total. The van der Waals surface area contributed by atoms with E-state index in [0.717, 1.165) is 32.0 Å². The molecule has 0 saturated carbocycles. The highest BCUT2D eigenvalue weighted by molar-refractivity contribution is 5.95. The zero-order chi connectivity index (χ0) is 23.8. The Kier molecular flexibility index (Phi) is 7.78. The van der Waals surface area contributed by atoms with Crippen LogP contribution in [0, 0.1) is 16.0 Å². The summed E-state index contributed by atoms with van der Waals surface area (Å²) in [6, 6.07) is 24.4. The summed E-state index contributed by atoms with van der Waals surface area (Å²) in [5.41, 5.74) is 5.78. The number of hydrogen-bond donors (Lipinski definition) is 1.